The van der Waals surface area contributed by atoms with Gasteiger partial charge in [-0.3, -0.25) is 4.79 Å². The molecule has 1 fully saturated rings. The van der Waals surface area contributed by atoms with Crippen LogP contribution < -0.4 is 8.92 Å². The number of carbonyl (C=O) groups is 1. The summed E-state index contributed by atoms with van der Waals surface area (Å²) in [7, 11) is -3.26. The van der Waals surface area contributed by atoms with Gasteiger partial charge in [0.05, 0.1) is 12.7 Å². The molecule has 37 heavy (non-hydrogen) atoms. The second kappa shape index (κ2) is 12.2. The Hall–Kier alpha value is -2.75. The van der Waals surface area contributed by atoms with Crippen LogP contribution in [0.15, 0.2) is 47.4 Å². The van der Waals surface area contributed by atoms with Crippen molar-refractivity contribution in [2.75, 3.05) is 13.7 Å². The van der Waals surface area contributed by atoms with Crippen LogP contribution >= 0.6 is 0 Å². The fourth-order valence-corrected chi connectivity index (χ4v) is 5.56. The van der Waals surface area contributed by atoms with Gasteiger partial charge >= 0.3 is 16.3 Å². The van der Waals surface area contributed by atoms with Gasteiger partial charge in [0.15, 0.2) is 11.5 Å². The zero-order chi connectivity index (χ0) is 27.2. The monoisotopic (exact) mass is 541 g/mol. The number of benzene rings is 2. The van der Waals surface area contributed by atoms with Crippen molar-refractivity contribution in [1.82, 2.24) is 4.90 Å². The molecule has 0 unspecified atom stereocenters. The van der Waals surface area contributed by atoms with Crippen LogP contribution in [0.4, 0.5) is 13.2 Å². The molecule has 0 aromatic heterocycles. The van der Waals surface area contributed by atoms with Crippen LogP contribution in [0.25, 0.3) is 0 Å². The second-order valence-electron chi connectivity index (χ2n) is 9.91. The van der Waals surface area contributed by atoms with E-state index in [2.05, 4.69) is 0 Å². The molecular formula is C27H34F3NO5S. The third-order valence-corrected chi connectivity index (χ3v) is 7.66. The van der Waals surface area contributed by atoms with E-state index in [1.165, 1.54) is 32.1 Å². The van der Waals surface area contributed by atoms with Crippen molar-refractivity contribution in [2.45, 2.75) is 70.0 Å². The number of hydrogen-bond donors (Lipinski definition) is 0. The van der Waals surface area contributed by atoms with E-state index in [0.29, 0.717) is 30.5 Å². The normalized spacial score (nSPS) is 14.7. The summed E-state index contributed by atoms with van der Waals surface area (Å²) in [5.41, 5.74) is -0.483. The Kier molecular flexibility index (Phi) is 9.50. The third kappa shape index (κ3) is 8.12. The van der Waals surface area contributed by atoms with Gasteiger partial charge in [0.1, 0.15) is 4.90 Å². The summed E-state index contributed by atoms with van der Waals surface area (Å²) in [5, 5.41) is 0. The minimum atomic E-state index is -4.70. The summed E-state index contributed by atoms with van der Waals surface area (Å²) < 4.78 is 75.4. The molecular weight excluding hydrogens is 507 g/mol. The van der Waals surface area contributed by atoms with Crippen LogP contribution in [0.3, 0.4) is 0 Å². The highest BCUT2D eigenvalue weighted by Gasteiger charge is 2.32. The van der Waals surface area contributed by atoms with E-state index in [1.54, 1.807) is 11.0 Å². The zero-order valence-electron chi connectivity index (χ0n) is 21.4. The van der Waals surface area contributed by atoms with Gasteiger partial charge in [-0.15, -0.1) is 0 Å². The topological polar surface area (TPSA) is 72.9 Å². The first-order valence-electron chi connectivity index (χ1n) is 12.5. The molecule has 0 aliphatic heterocycles. The molecule has 10 heteroatoms. The molecule has 0 N–H and O–H groups in total. The number of ether oxygens (including phenoxy) is 1. The molecule has 3 rings (SSSR count). The van der Waals surface area contributed by atoms with Crippen molar-refractivity contribution in [2.24, 2.45) is 11.8 Å². The van der Waals surface area contributed by atoms with Crippen LogP contribution in [0, 0.1) is 11.8 Å². The van der Waals surface area contributed by atoms with Gasteiger partial charge in [-0.1, -0.05) is 51.7 Å². The lowest BCUT2D eigenvalue weighted by Gasteiger charge is -2.26. The maximum atomic E-state index is 13.1. The molecule has 2 aromatic rings. The van der Waals surface area contributed by atoms with Gasteiger partial charge in [-0.2, -0.15) is 21.6 Å². The van der Waals surface area contributed by atoms with Crippen molar-refractivity contribution in [3.8, 4) is 11.5 Å². The van der Waals surface area contributed by atoms with Crippen LogP contribution in [0.5, 0.6) is 11.5 Å². The number of carbonyl (C=O) groups excluding carboxylic acids is 1. The van der Waals surface area contributed by atoms with E-state index in [1.807, 2.05) is 13.8 Å². The van der Waals surface area contributed by atoms with Crippen molar-refractivity contribution in [3.63, 3.8) is 0 Å². The molecule has 0 spiro atoms. The predicted octanol–water partition coefficient (Wildman–Crippen LogP) is 6.44. The maximum Gasteiger partial charge on any atom is 0.416 e. The maximum absolute atomic E-state index is 13.1. The minimum absolute atomic E-state index is 0.0375. The average Bonchev–Trinajstić information content (AvgIpc) is 3.35. The molecule has 2 aromatic carbocycles. The highest BCUT2D eigenvalue weighted by Crippen LogP contribution is 2.34. The molecule has 1 aliphatic rings. The van der Waals surface area contributed by atoms with Crippen molar-refractivity contribution < 1.29 is 35.3 Å². The van der Waals surface area contributed by atoms with E-state index in [9.17, 15) is 26.4 Å². The molecule has 0 bridgehead atoms. The lowest BCUT2D eigenvalue weighted by Crippen LogP contribution is -2.33. The Labute approximate surface area is 216 Å². The van der Waals surface area contributed by atoms with Crippen molar-refractivity contribution in [1.29, 1.82) is 0 Å². The van der Waals surface area contributed by atoms with Gasteiger partial charge in [0.2, 0.25) is 5.91 Å². The molecule has 204 valence electrons. The number of amides is 1. The Bertz CT molecular complexity index is 1170. The van der Waals surface area contributed by atoms with Crippen LogP contribution in [0.2, 0.25) is 0 Å². The molecule has 0 atom stereocenters. The first-order chi connectivity index (χ1) is 17.4. The first-order valence-corrected chi connectivity index (χ1v) is 13.9. The summed E-state index contributed by atoms with van der Waals surface area (Å²) in [4.78, 5) is 14.2. The largest absolute Gasteiger partial charge is 0.493 e. The molecule has 0 saturated heterocycles. The van der Waals surface area contributed by atoms with Gasteiger partial charge in [0, 0.05) is 19.5 Å². The summed E-state index contributed by atoms with van der Waals surface area (Å²) in [6.07, 6.45) is 1.38. The van der Waals surface area contributed by atoms with Gasteiger partial charge < -0.3 is 13.8 Å². The Morgan fingerprint density at radius 3 is 2.41 bits per heavy atom. The third-order valence-electron chi connectivity index (χ3n) is 6.43. The first kappa shape index (κ1) is 28.8. The van der Waals surface area contributed by atoms with E-state index in [4.69, 9.17) is 8.92 Å². The number of alkyl halides is 3. The molecule has 1 saturated carbocycles. The zero-order valence-corrected chi connectivity index (χ0v) is 22.2. The van der Waals surface area contributed by atoms with Crippen molar-refractivity contribution >= 4 is 16.0 Å². The fraction of sp³-hybridized carbons (Fsp3) is 0.519. The van der Waals surface area contributed by atoms with Gasteiger partial charge in [0.25, 0.3) is 0 Å². The second-order valence-corrected chi connectivity index (χ2v) is 11.5. The van der Waals surface area contributed by atoms with Crippen LogP contribution in [-0.4, -0.2) is 32.9 Å². The highest BCUT2D eigenvalue weighted by atomic mass is 32.2. The summed E-state index contributed by atoms with van der Waals surface area (Å²) in [6, 6.07) is 8.03. The number of halogens is 3. The lowest BCUT2D eigenvalue weighted by molar-refractivity contribution is -0.137. The molecule has 0 radical (unpaired) electrons. The minimum Gasteiger partial charge on any atom is -0.493 e. The van der Waals surface area contributed by atoms with E-state index in [-0.39, 0.29) is 29.9 Å². The predicted molar refractivity (Wildman–Crippen MR) is 134 cm³/mol. The number of nitrogens with zero attached hydrogens (tertiary/aromatic N) is 1. The van der Waals surface area contributed by atoms with E-state index < -0.39 is 26.8 Å². The van der Waals surface area contributed by atoms with E-state index >= 15 is 0 Å². The van der Waals surface area contributed by atoms with E-state index in [0.717, 1.165) is 37.5 Å². The SMILES string of the molecule is COc1ccc(CN(CC(C)C)C(=O)CCC2CCCC2)cc1OS(=O)(=O)c1cccc(C(F)(F)F)c1. The molecule has 0 heterocycles. The molecule has 1 aliphatic carbocycles. The smallest absolute Gasteiger partial charge is 0.416 e. The number of methoxy groups -OCH3 is 1. The number of rotatable bonds is 11. The average molecular weight is 542 g/mol. The van der Waals surface area contributed by atoms with Gasteiger partial charge in [-0.05, 0) is 54.2 Å². The Balaban J connectivity index is 1.81. The summed E-state index contributed by atoms with van der Waals surface area (Å²) >= 11 is 0. The standard InChI is InChI=1S/C27H34F3NO5S/c1-19(2)17-31(26(32)14-12-20-7-4-5-8-20)18-21-11-13-24(35-3)25(15-21)36-37(33,34)23-10-6-9-22(16-23)27(28,29)30/h6,9-11,13,15-16,19-20H,4-5,7-8,12,14,17-18H2,1-3H3. The van der Waals surface area contributed by atoms with Crippen molar-refractivity contribution in [3.05, 3.63) is 53.6 Å². The summed E-state index contributed by atoms with van der Waals surface area (Å²) in [5.74, 6) is 0.788. The summed E-state index contributed by atoms with van der Waals surface area (Å²) in [6.45, 7) is 4.81. The Morgan fingerprint density at radius 1 is 1.08 bits per heavy atom. The highest BCUT2D eigenvalue weighted by molar-refractivity contribution is 7.87. The quantitative estimate of drug-likeness (QED) is 0.306. The van der Waals surface area contributed by atoms with Crippen LogP contribution in [0.1, 0.15) is 63.5 Å². The lowest BCUT2D eigenvalue weighted by atomic mass is 10.0. The molecule has 1 amide bonds. The van der Waals surface area contributed by atoms with Gasteiger partial charge in [-0.25, -0.2) is 0 Å². The van der Waals surface area contributed by atoms with Crippen LogP contribution in [-0.2, 0) is 27.6 Å². The molecule has 6 nitrogen and oxygen atoms in total. The Morgan fingerprint density at radius 2 is 1.78 bits per heavy atom. The number of hydrogen-bond acceptors (Lipinski definition) is 5. The fourth-order valence-electron chi connectivity index (χ4n) is 4.58.